The minimum atomic E-state index is -0.878. The summed E-state index contributed by atoms with van der Waals surface area (Å²) in [5.41, 5.74) is 1.08. The van der Waals surface area contributed by atoms with Gasteiger partial charge in [0.05, 0.1) is 22.7 Å². The zero-order valence-corrected chi connectivity index (χ0v) is 14.9. The van der Waals surface area contributed by atoms with Crippen LogP contribution in [-0.4, -0.2) is 27.5 Å². The number of carboxylic acids is 1. The molecule has 1 heterocycles. The Labute approximate surface area is 148 Å². The lowest BCUT2D eigenvalue weighted by Crippen LogP contribution is -2.38. The molecule has 24 heavy (non-hydrogen) atoms. The second kappa shape index (κ2) is 6.94. The van der Waals surface area contributed by atoms with Crippen LogP contribution in [0.3, 0.4) is 0 Å². The normalized spacial score (nSPS) is 15.0. The molecule has 1 saturated carbocycles. The third-order valence-electron chi connectivity index (χ3n) is 3.89. The topological polar surface area (TPSA) is 79.3 Å². The molecule has 0 aliphatic heterocycles. The first-order chi connectivity index (χ1) is 11.5. The molecule has 0 spiro atoms. The fourth-order valence-corrected chi connectivity index (χ4v) is 3.94. The van der Waals surface area contributed by atoms with Gasteiger partial charge in [-0.15, -0.1) is 23.1 Å². The Morgan fingerprint density at radius 2 is 2.04 bits per heavy atom. The smallest absolute Gasteiger partial charge is 0.305 e. The van der Waals surface area contributed by atoms with Crippen LogP contribution in [0.4, 0.5) is 0 Å². The molecule has 1 aliphatic rings. The summed E-state index contributed by atoms with van der Waals surface area (Å²) in [4.78, 5) is 28.6. The van der Waals surface area contributed by atoms with Crippen LogP contribution in [0.25, 0.3) is 0 Å². The number of hydrogen-bond donors (Lipinski definition) is 2. The number of amides is 1. The van der Waals surface area contributed by atoms with Crippen LogP contribution in [-0.2, 0) is 10.5 Å². The molecule has 0 saturated heterocycles. The summed E-state index contributed by atoms with van der Waals surface area (Å²) in [5.74, 6) is -0.283. The maximum atomic E-state index is 12.3. The summed E-state index contributed by atoms with van der Waals surface area (Å²) in [5, 5.41) is 14.9. The number of hydrogen-bond acceptors (Lipinski definition) is 5. The van der Waals surface area contributed by atoms with Crippen molar-refractivity contribution in [3.8, 4) is 0 Å². The number of carboxylic acid groups (broad SMARTS) is 1. The first-order valence-electron chi connectivity index (χ1n) is 7.64. The Balaban J connectivity index is 1.56. The highest BCUT2D eigenvalue weighted by atomic mass is 32.2. The Hall–Kier alpha value is -1.86. The monoisotopic (exact) mass is 362 g/mol. The lowest BCUT2D eigenvalue weighted by molar-refractivity contribution is -0.137. The van der Waals surface area contributed by atoms with E-state index in [1.807, 2.05) is 19.1 Å². The summed E-state index contributed by atoms with van der Waals surface area (Å²) in [6.45, 7) is 1.99. The number of benzene rings is 1. The summed E-state index contributed by atoms with van der Waals surface area (Å²) in [7, 11) is 0. The molecule has 3 rings (SSSR count). The quantitative estimate of drug-likeness (QED) is 0.737. The van der Waals surface area contributed by atoms with Crippen LogP contribution in [0.15, 0.2) is 34.5 Å². The highest BCUT2D eigenvalue weighted by Gasteiger charge is 2.45. The number of carbonyl (C=O) groups is 2. The van der Waals surface area contributed by atoms with Gasteiger partial charge in [0.1, 0.15) is 0 Å². The maximum absolute atomic E-state index is 12.3. The van der Waals surface area contributed by atoms with E-state index in [-0.39, 0.29) is 12.3 Å². The molecular formula is C17H18N2O3S2. The fraction of sp³-hybridized carbons (Fsp3) is 0.353. The van der Waals surface area contributed by atoms with Crippen molar-refractivity contribution in [2.45, 2.75) is 42.4 Å². The van der Waals surface area contributed by atoms with Gasteiger partial charge in [-0.2, -0.15) is 0 Å². The first kappa shape index (κ1) is 17.0. The standard InChI is InChI=1S/C17H18N2O3S2/c1-11-18-13(9-23-11)10-24-14-4-2-12(3-5-14)16(22)19-17(6-7-17)8-15(20)21/h2-5,9H,6-8,10H2,1H3,(H,19,22)(H,20,21). The zero-order valence-electron chi connectivity index (χ0n) is 13.2. The molecule has 1 fully saturated rings. The molecule has 0 radical (unpaired) electrons. The van der Waals surface area contributed by atoms with E-state index in [0.717, 1.165) is 34.2 Å². The zero-order chi connectivity index (χ0) is 17.2. The van der Waals surface area contributed by atoms with Crippen molar-refractivity contribution in [3.05, 3.63) is 45.9 Å². The number of nitrogens with one attached hydrogen (secondary N) is 1. The van der Waals surface area contributed by atoms with Crippen molar-refractivity contribution in [3.63, 3.8) is 0 Å². The Morgan fingerprint density at radius 1 is 1.33 bits per heavy atom. The van der Waals surface area contributed by atoms with E-state index >= 15 is 0 Å². The van der Waals surface area contributed by atoms with Crippen LogP contribution in [0.5, 0.6) is 0 Å². The predicted octanol–water partition coefficient (Wildman–Crippen LogP) is 3.48. The lowest BCUT2D eigenvalue weighted by Gasteiger charge is -2.15. The van der Waals surface area contributed by atoms with Crippen LogP contribution in [0, 0.1) is 6.92 Å². The van der Waals surface area contributed by atoms with Crippen LogP contribution >= 0.6 is 23.1 Å². The summed E-state index contributed by atoms with van der Waals surface area (Å²) >= 11 is 3.32. The summed E-state index contributed by atoms with van der Waals surface area (Å²) < 4.78 is 0. The Kier molecular flexibility index (Phi) is 4.91. The van der Waals surface area contributed by atoms with Crippen molar-refractivity contribution in [1.82, 2.24) is 10.3 Å². The van der Waals surface area contributed by atoms with Gasteiger partial charge in [-0.25, -0.2) is 4.98 Å². The molecule has 2 N–H and O–H groups in total. The number of rotatable bonds is 7. The SMILES string of the molecule is Cc1nc(CSc2ccc(C(=O)NC3(CC(=O)O)CC3)cc2)cs1. The summed E-state index contributed by atoms with van der Waals surface area (Å²) in [6, 6.07) is 7.38. The molecule has 0 unspecified atom stereocenters. The van der Waals surface area contributed by atoms with E-state index in [1.165, 1.54) is 0 Å². The minimum Gasteiger partial charge on any atom is -0.481 e. The molecule has 2 aromatic rings. The number of aromatic nitrogens is 1. The molecule has 1 aromatic heterocycles. The molecule has 5 nitrogen and oxygen atoms in total. The van der Waals surface area contributed by atoms with Gasteiger partial charge in [0.15, 0.2) is 0 Å². The molecule has 7 heteroatoms. The van der Waals surface area contributed by atoms with Gasteiger partial charge < -0.3 is 10.4 Å². The molecular weight excluding hydrogens is 344 g/mol. The predicted molar refractivity (Wildman–Crippen MR) is 94.5 cm³/mol. The molecule has 1 amide bonds. The Bertz CT molecular complexity index is 751. The van der Waals surface area contributed by atoms with E-state index < -0.39 is 11.5 Å². The van der Waals surface area contributed by atoms with Gasteiger partial charge in [0, 0.05) is 21.6 Å². The first-order valence-corrected chi connectivity index (χ1v) is 9.50. The number of aliphatic carboxylic acids is 1. The van der Waals surface area contributed by atoms with Crippen molar-refractivity contribution in [1.29, 1.82) is 0 Å². The van der Waals surface area contributed by atoms with E-state index in [0.29, 0.717) is 5.56 Å². The van der Waals surface area contributed by atoms with Gasteiger partial charge in [0.2, 0.25) is 0 Å². The van der Waals surface area contributed by atoms with E-state index in [4.69, 9.17) is 5.11 Å². The largest absolute Gasteiger partial charge is 0.481 e. The van der Waals surface area contributed by atoms with Crippen LogP contribution in [0.2, 0.25) is 0 Å². The molecule has 0 bridgehead atoms. The van der Waals surface area contributed by atoms with Crippen molar-refractivity contribution < 1.29 is 14.7 Å². The number of aryl methyl sites for hydroxylation is 1. The van der Waals surface area contributed by atoms with Crippen LogP contribution < -0.4 is 5.32 Å². The highest BCUT2D eigenvalue weighted by Crippen LogP contribution is 2.39. The number of carbonyl (C=O) groups excluding carboxylic acids is 1. The average molecular weight is 362 g/mol. The Morgan fingerprint density at radius 3 is 2.58 bits per heavy atom. The number of thioether (sulfide) groups is 1. The van der Waals surface area contributed by atoms with Crippen molar-refractivity contribution >= 4 is 35.0 Å². The lowest BCUT2D eigenvalue weighted by atomic mass is 10.1. The third-order valence-corrected chi connectivity index (χ3v) is 5.76. The van der Waals surface area contributed by atoms with Crippen LogP contribution in [0.1, 0.15) is 40.3 Å². The van der Waals surface area contributed by atoms with Gasteiger partial charge in [0.25, 0.3) is 5.91 Å². The van der Waals surface area contributed by atoms with Crippen molar-refractivity contribution in [2.75, 3.05) is 0 Å². The fourth-order valence-electron chi connectivity index (χ4n) is 2.43. The number of nitrogens with zero attached hydrogens (tertiary/aromatic N) is 1. The number of thiazole rings is 1. The summed E-state index contributed by atoms with van der Waals surface area (Å²) in [6.07, 6.45) is 1.44. The second-order valence-corrected chi connectivity index (χ2v) is 8.09. The second-order valence-electron chi connectivity index (χ2n) is 5.98. The van der Waals surface area contributed by atoms with Gasteiger partial charge in [-0.1, -0.05) is 0 Å². The molecule has 126 valence electrons. The molecule has 1 aromatic carbocycles. The molecule has 1 aliphatic carbocycles. The van der Waals surface area contributed by atoms with Gasteiger partial charge in [-0.3, -0.25) is 9.59 Å². The minimum absolute atomic E-state index is 0.0142. The van der Waals surface area contributed by atoms with Crippen molar-refractivity contribution in [2.24, 2.45) is 0 Å². The highest BCUT2D eigenvalue weighted by molar-refractivity contribution is 7.98. The third kappa shape index (κ3) is 4.36. The average Bonchev–Trinajstić information content (AvgIpc) is 3.14. The van der Waals surface area contributed by atoms with E-state index in [9.17, 15) is 9.59 Å². The van der Waals surface area contributed by atoms with E-state index in [2.05, 4.69) is 15.7 Å². The van der Waals surface area contributed by atoms with Gasteiger partial charge in [-0.05, 0) is 44.0 Å². The maximum Gasteiger partial charge on any atom is 0.305 e. The molecule has 0 atom stereocenters. The van der Waals surface area contributed by atoms with E-state index in [1.54, 1.807) is 35.2 Å². The van der Waals surface area contributed by atoms with Gasteiger partial charge >= 0.3 is 5.97 Å².